The Hall–Kier alpha value is -4.21. The summed E-state index contributed by atoms with van der Waals surface area (Å²) < 4.78 is 12.9. The van der Waals surface area contributed by atoms with Crippen molar-refractivity contribution in [1.29, 1.82) is 0 Å². The third kappa shape index (κ3) is 5.55. The van der Waals surface area contributed by atoms with Crippen LogP contribution < -0.4 is 20.3 Å². The zero-order chi connectivity index (χ0) is 29.3. The van der Waals surface area contributed by atoms with E-state index in [-0.39, 0.29) is 24.6 Å². The van der Waals surface area contributed by atoms with Crippen LogP contribution in [0, 0.1) is 27.7 Å². The largest absolute Gasteiger partial charge is 0.495 e. The first-order chi connectivity index (χ1) is 19.7. The number of amides is 1. The molecule has 1 aliphatic rings. The van der Waals surface area contributed by atoms with Gasteiger partial charge in [0.05, 0.1) is 30.6 Å². The number of rotatable bonds is 8. The number of carbonyl (C=O) groups excluding carboxylic acids is 1. The van der Waals surface area contributed by atoms with Crippen LogP contribution in [-0.2, 0) is 9.53 Å². The van der Waals surface area contributed by atoms with Crippen molar-refractivity contribution in [3.05, 3.63) is 101 Å². The van der Waals surface area contributed by atoms with Crippen LogP contribution in [0.25, 0.3) is 5.69 Å². The van der Waals surface area contributed by atoms with Crippen molar-refractivity contribution in [1.82, 2.24) is 14.9 Å². The topological polar surface area (TPSA) is 80.7 Å². The summed E-state index contributed by atoms with van der Waals surface area (Å²) in [6.07, 6.45) is 1.80. The van der Waals surface area contributed by atoms with Gasteiger partial charge in [-0.25, -0.2) is 0 Å². The van der Waals surface area contributed by atoms with E-state index in [1.807, 2.05) is 36.4 Å². The van der Waals surface area contributed by atoms with Crippen molar-refractivity contribution in [3.63, 3.8) is 0 Å². The second kappa shape index (κ2) is 11.7. The highest BCUT2D eigenvalue weighted by atomic mass is 32.1. The van der Waals surface area contributed by atoms with E-state index in [2.05, 4.69) is 72.1 Å². The van der Waals surface area contributed by atoms with Gasteiger partial charge in [0.1, 0.15) is 12.4 Å². The van der Waals surface area contributed by atoms with E-state index in [1.54, 1.807) is 13.3 Å². The number of nitrogens with zero attached hydrogens (tertiary/aromatic N) is 3. The van der Waals surface area contributed by atoms with Crippen molar-refractivity contribution in [2.45, 2.75) is 39.8 Å². The first kappa shape index (κ1) is 28.3. The molecule has 5 rings (SSSR count). The van der Waals surface area contributed by atoms with Crippen molar-refractivity contribution >= 4 is 34.6 Å². The number of carbonyl (C=O) groups is 1. The lowest BCUT2D eigenvalue weighted by molar-refractivity contribution is -0.119. The van der Waals surface area contributed by atoms with Gasteiger partial charge < -0.3 is 29.6 Å². The predicted octanol–water partition coefficient (Wildman–Crippen LogP) is 5.88. The molecule has 1 fully saturated rings. The maximum Gasteiger partial charge on any atom is 0.250 e. The smallest absolute Gasteiger partial charge is 0.250 e. The fourth-order valence-electron chi connectivity index (χ4n) is 5.77. The average molecular weight is 570 g/mol. The van der Waals surface area contributed by atoms with Crippen LogP contribution in [-0.4, -0.2) is 41.4 Å². The molecule has 0 spiro atoms. The Bertz CT molecular complexity index is 1580. The summed E-state index contributed by atoms with van der Waals surface area (Å²) >= 11 is 5.96. The Morgan fingerprint density at radius 2 is 1.76 bits per heavy atom. The van der Waals surface area contributed by atoms with Gasteiger partial charge in [-0.15, -0.1) is 0 Å². The van der Waals surface area contributed by atoms with E-state index in [4.69, 9.17) is 26.7 Å². The molecule has 3 heterocycles. The fourth-order valence-corrected chi connectivity index (χ4v) is 6.12. The minimum Gasteiger partial charge on any atom is -0.495 e. The molecule has 1 amide bonds. The Labute approximate surface area is 246 Å². The fraction of sp³-hybridized carbons (Fsp3) is 0.281. The normalized spacial score (nSPS) is 16.5. The quantitative estimate of drug-likeness (QED) is 0.257. The van der Waals surface area contributed by atoms with Crippen molar-refractivity contribution in [2.75, 3.05) is 31.0 Å². The number of aromatic nitrogens is 2. The molecule has 4 aromatic rings. The van der Waals surface area contributed by atoms with Crippen LogP contribution in [0.1, 0.15) is 45.9 Å². The molecule has 2 aromatic heterocycles. The summed E-state index contributed by atoms with van der Waals surface area (Å²) in [5.74, 6) is 0.270. The molecular formula is C32H35N5O3S. The lowest BCUT2D eigenvalue weighted by Gasteiger charge is -2.29. The summed E-state index contributed by atoms with van der Waals surface area (Å²) in [5, 5.41) is 7.01. The Morgan fingerprint density at radius 3 is 2.41 bits per heavy atom. The molecule has 2 atom stereocenters. The van der Waals surface area contributed by atoms with Crippen molar-refractivity contribution < 1.29 is 14.3 Å². The number of methoxy groups -OCH3 is 2. The summed E-state index contributed by atoms with van der Waals surface area (Å²) in [6.45, 7) is 8.46. The van der Waals surface area contributed by atoms with Gasteiger partial charge in [0.15, 0.2) is 5.11 Å². The van der Waals surface area contributed by atoms with Crippen LogP contribution in [0.15, 0.2) is 66.9 Å². The summed E-state index contributed by atoms with van der Waals surface area (Å²) in [7, 11) is 3.06. The molecule has 8 nitrogen and oxygen atoms in total. The molecule has 212 valence electrons. The highest BCUT2D eigenvalue weighted by Gasteiger charge is 2.42. The van der Waals surface area contributed by atoms with Gasteiger partial charge in [0.2, 0.25) is 5.91 Å². The lowest BCUT2D eigenvalue weighted by atomic mass is 9.96. The van der Waals surface area contributed by atoms with Gasteiger partial charge in [-0.3, -0.25) is 9.78 Å². The summed E-state index contributed by atoms with van der Waals surface area (Å²) in [5.41, 5.74) is 9.18. The molecule has 2 N–H and O–H groups in total. The molecule has 9 heteroatoms. The SMILES string of the molecule is COCC(=O)Nc1cc(N2C(=S)N[C@@H](c3ccccn3)[C@@H]2c2cc(C)n(-c3cc(C)cc(C)c3)c2C)ccc1OC. The van der Waals surface area contributed by atoms with Gasteiger partial charge in [-0.1, -0.05) is 12.1 Å². The Kier molecular flexibility index (Phi) is 8.10. The van der Waals surface area contributed by atoms with Crippen LogP contribution in [0.2, 0.25) is 0 Å². The maximum absolute atomic E-state index is 12.4. The number of pyridine rings is 1. The molecule has 0 bridgehead atoms. The number of hydrogen-bond acceptors (Lipinski definition) is 5. The van der Waals surface area contributed by atoms with Gasteiger partial charge in [-0.05, 0) is 105 Å². The molecule has 0 aliphatic carbocycles. The zero-order valence-electron chi connectivity index (χ0n) is 24.2. The highest BCUT2D eigenvalue weighted by molar-refractivity contribution is 7.80. The Balaban J connectivity index is 1.66. The van der Waals surface area contributed by atoms with E-state index in [0.29, 0.717) is 16.5 Å². The number of anilines is 2. The van der Waals surface area contributed by atoms with Gasteiger partial charge in [-0.2, -0.15) is 0 Å². The van der Waals surface area contributed by atoms with E-state index < -0.39 is 0 Å². The van der Waals surface area contributed by atoms with E-state index in [1.165, 1.54) is 18.2 Å². The minimum absolute atomic E-state index is 0.0636. The first-order valence-electron chi connectivity index (χ1n) is 13.5. The third-order valence-corrected chi connectivity index (χ3v) is 7.68. The minimum atomic E-state index is -0.273. The molecule has 0 radical (unpaired) electrons. The second-order valence-electron chi connectivity index (χ2n) is 10.4. The number of nitrogens with one attached hydrogen (secondary N) is 2. The third-order valence-electron chi connectivity index (χ3n) is 7.36. The van der Waals surface area contributed by atoms with E-state index in [9.17, 15) is 4.79 Å². The van der Waals surface area contributed by atoms with Gasteiger partial charge in [0, 0.05) is 36.1 Å². The number of ether oxygens (including phenoxy) is 2. The molecule has 0 saturated carbocycles. The standard InChI is InChI=1S/C32H35N5O3S/c1-19-13-20(2)15-24(14-19)36-21(3)16-25(22(36)4)31-30(26-9-7-8-12-33-26)35-32(41)37(31)23-10-11-28(40-6)27(17-23)34-29(38)18-39-5/h7-17,30-31H,18H2,1-6H3,(H,34,38)(H,35,41)/t30-,31-/m0/s1. The van der Waals surface area contributed by atoms with Gasteiger partial charge in [0.25, 0.3) is 0 Å². The van der Waals surface area contributed by atoms with E-state index in [0.717, 1.165) is 34.0 Å². The molecular weight excluding hydrogens is 534 g/mol. The average Bonchev–Trinajstić information content (AvgIpc) is 3.43. The van der Waals surface area contributed by atoms with Crippen LogP contribution in [0.4, 0.5) is 11.4 Å². The van der Waals surface area contributed by atoms with E-state index >= 15 is 0 Å². The van der Waals surface area contributed by atoms with Crippen LogP contribution in [0.3, 0.4) is 0 Å². The molecule has 1 aliphatic heterocycles. The summed E-state index contributed by atoms with van der Waals surface area (Å²) in [4.78, 5) is 19.2. The molecule has 1 saturated heterocycles. The first-order valence-corrected chi connectivity index (χ1v) is 13.9. The second-order valence-corrected chi connectivity index (χ2v) is 10.8. The maximum atomic E-state index is 12.4. The molecule has 0 unspecified atom stereocenters. The number of hydrogen-bond donors (Lipinski definition) is 2. The lowest BCUT2D eigenvalue weighted by Crippen LogP contribution is -2.29. The Morgan fingerprint density at radius 1 is 1.00 bits per heavy atom. The molecule has 41 heavy (non-hydrogen) atoms. The highest BCUT2D eigenvalue weighted by Crippen LogP contribution is 2.45. The molecule has 2 aromatic carbocycles. The summed E-state index contributed by atoms with van der Waals surface area (Å²) in [6, 6.07) is 20.0. The van der Waals surface area contributed by atoms with Crippen molar-refractivity contribution in [3.8, 4) is 11.4 Å². The monoisotopic (exact) mass is 569 g/mol. The van der Waals surface area contributed by atoms with Crippen LogP contribution >= 0.6 is 12.2 Å². The van der Waals surface area contributed by atoms with Crippen LogP contribution in [0.5, 0.6) is 5.75 Å². The van der Waals surface area contributed by atoms with Gasteiger partial charge >= 0.3 is 0 Å². The predicted molar refractivity (Wildman–Crippen MR) is 166 cm³/mol. The number of benzene rings is 2. The van der Waals surface area contributed by atoms with Crippen molar-refractivity contribution in [2.24, 2.45) is 0 Å². The zero-order valence-corrected chi connectivity index (χ0v) is 25.0. The number of aryl methyl sites for hydroxylation is 3. The number of thiocarbonyl (C=S) groups is 1.